The lowest BCUT2D eigenvalue weighted by Gasteiger charge is -2.30. The highest BCUT2D eigenvalue weighted by Gasteiger charge is 2.24. The molecule has 0 bridgehead atoms. The van der Waals surface area contributed by atoms with Crippen LogP contribution in [0, 0.1) is 6.92 Å². The molecule has 0 radical (unpaired) electrons. The predicted molar refractivity (Wildman–Crippen MR) is 81.2 cm³/mol. The van der Waals surface area contributed by atoms with Gasteiger partial charge in [0.15, 0.2) is 0 Å². The number of rotatable bonds is 2. The Kier molecular flexibility index (Phi) is 3.00. The fourth-order valence-corrected chi connectivity index (χ4v) is 2.56. The lowest BCUT2D eigenvalue weighted by Crippen LogP contribution is -2.36. The van der Waals surface area contributed by atoms with Crippen molar-refractivity contribution in [2.45, 2.75) is 20.0 Å². The summed E-state index contributed by atoms with van der Waals surface area (Å²) >= 11 is 0. The fourth-order valence-electron chi connectivity index (χ4n) is 2.56. The van der Waals surface area contributed by atoms with E-state index < -0.39 is 0 Å². The van der Waals surface area contributed by atoms with Crippen LogP contribution in [-0.2, 0) is 0 Å². The van der Waals surface area contributed by atoms with Crippen molar-refractivity contribution >= 4 is 11.4 Å². The topological polar surface area (TPSA) is 6.48 Å². The summed E-state index contributed by atoms with van der Waals surface area (Å²) in [5.41, 5.74) is 3.79. The predicted octanol–water partition coefficient (Wildman–Crippen LogP) is 4.14. The Balaban J connectivity index is 1.90. The maximum atomic E-state index is 2.31. The average Bonchev–Trinajstić information content (AvgIpc) is 2.82. The zero-order valence-electron chi connectivity index (χ0n) is 11.3. The van der Waals surface area contributed by atoms with Crippen molar-refractivity contribution in [1.82, 2.24) is 0 Å². The van der Waals surface area contributed by atoms with Gasteiger partial charge in [0.25, 0.3) is 0 Å². The van der Waals surface area contributed by atoms with Crippen LogP contribution < -0.4 is 9.80 Å². The minimum atomic E-state index is 0.295. The van der Waals surface area contributed by atoms with Gasteiger partial charge in [-0.15, -0.1) is 0 Å². The van der Waals surface area contributed by atoms with Gasteiger partial charge >= 0.3 is 0 Å². The molecule has 2 aromatic rings. The molecule has 0 saturated heterocycles. The van der Waals surface area contributed by atoms with Crippen molar-refractivity contribution < 1.29 is 0 Å². The van der Waals surface area contributed by atoms with E-state index in [0.29, 0.717) is 6.17 Å². The third-order valence-electron chi connectivity index (χ3n) is 3.64. The molecule has 19 heavy (non-hydrogen) atoms. The summed E-state index contributed by atoms with van der Waals surface area (Å²) in [4.78, 5) is 4.59. The molecule has 2 aromatic carbocycles. The van der Waals surface area contributed by atoms with Gasteiger partial charge < -0.3 is 9.80 Å². The molecule has 0 amide bonds. The Labute approximate surface area is 114 Å². The highest BCUT2D eigenvalue weighted by molar-refractivity contribution is 5.63. The molecule has 1 aliphatic rings. The van der Waals surface area contributed by atoms with E-state index in [4.69, 9.17) is 0 Å². The van der Waals surface area contributed by atoms with Crippen LogP contribution in [0.4, 0.5) is 11.4 Å². The van der Waals surface area contributed by atoms with Gasteiger partial charge in [0.2, 0.25) is 0 Å². The summed E-state index contributed by atoms with van der Waals surface area (Å²) in [5, 5.41) is 0. The summed E-state index contributed by atoms with van der Waals surface area (Å²) in [6.07, 6.45) is 4.59. The molecule has 2 nitrogen and oxygen atoms in total. The van der Waals surface area contributed by atoms with Crippen LogP contribution >= 0.6 is 0 Å². The summed E-state index contributed by atoms with van der Waals surface area (Å²) in [7, 11) is 0. The monoisotopic (exact) mass is 250 g/mol. The molecule has 3 rings (SSSR count). The van der Waals surface area contributed by atoms with Gasteiger partial charge in [-0.1, -0.05) is 36.4 Å². The van der Waals surface area contributed by atoms with E-state index in [1.54, 1.807) is 0 Å². The van der Waals surface area contributed by atoms with Gasteiger partial charge in [0, 0.05) is 23.8 Å². The van der Waals surface area contributed by atoms with Crippen molar-refractivity contribution in [3.63, 3.8) is 0 Å². The van der Waals surface area contributed by atoms with E-state index in [9.17, 15) is 0 Å². The molecule has 0 fully saturated rings. The molecule has 0 N–H and O–H groups in total. The molecule has 1 heterocycles. The number of hydrogen-bond acceptors (Lipinski definition) is 2. The number of hydrogen-bond donors (Lipinski definition) is 0. The molecular formula is C17H18N2. The number of para-hydroxylation sites is 2. The summed E-state index contributed by atoms with van der Waals surface area (Å²) in [6.45, 7) is 4.38. The number of anilines is 2. The molecule has 96 valence electrons. The SMILES string of the molecule is Cc1ccccc1N1C=CN(c2ccccc2)C1C. The maximum absolute atomic E-state index is 2.31. The van der Waals surface area contributed by atoms with E-state index in [1.807, 2.05) is 6.07 Å². The molecule has 0 aliphatic carbocycles. The van der Waals surface area contributed by atoms with Crippen molar-refractivity contribution in [2.75, 3.05) is 9.80 Å². The Hall–Kier alpha value is -2.22. The minimum Gasteiger partial charge on any atom is -0.326 e. The first-order valence-corrected chi connectivity index (χ1v) is 6.63. The van der Waals surface area contributed by atoms with Crippen molar-refractivity contribution in [3.8, 4) is 0 Å². The molecule has 0 aromatic heterocycles. The molecule has 0 saturated carbocycles. The summed E-state index contributed by atoms with van der Waals surface area (Å²) in [6, 6.07) is 19.0. The van der Waals surface area contributed by atoms with Crippen LogP contribution in [0.2, 0.25) is 0 Å². The Bertz CT molecular complexity index is 589. The van der Waals surface area contributed by atoms with Gasteiger partial charge in [0.1, 0.15) is 6.17 Å². The molecule has 1 atom stereocenters. The summed E-state index contributed by atoms with van der Waals surface area (Å²) in [5.74, 6) is 0. The second kappa shape index (κ2) is 4.81. The van der Waals surface area contributed by atoms with Gasteiger partial charge in [-0.2, -0.15) is 0 Å². The van der Waals surface area contributed by atoms with E-state index in [-0.39, 0.29) is 0 Å². The number of aryl methyl sites for hydroxylation is 1. The molecule has 1 unspecified atom stereocenters. The largest absolute Gasteiger partial charge is 0.326 e. The normalized spacial score (nSPS) is 18.1. The van der Waals surface area contributed by atoms with E-state index in [1.165, 1.54) is 16.9 Å². The maximum Gasteiger partial charge on any atom is 0.107 e. The first-order valence-electron chi connectivity index (χ1n) is 6.63. The third-order valence-corrected chi connectivity index (χ3v) is 3.64. The van der Waals surface area contributed by atoms with Gasteiger partial charge in [-0.3, -0.25) is 0 Å². The van der Waals surface area contributed by atoms with Crippen molar-refractivity contribution in [3.05, 3.63) is 72.6 Å². The second-order valence-electron chi connectivity index (χ2n) is 4.87. The second-order valence-corrected chi connectivity index (χ2v) is 4.87. The van der Waals surface area contributed by atoms with Gasteiger partial charge in [-0.25, -0.2) is 0 Å². The lowest BCUT2D eigenvalue weighted by atomic mass is 10.2. The Morgan fingerprint density at radius 3 is 2.16 bits per heavy atom. The Morgan fingerprint density at radius 1 is 0.789 bits per heavy atom. The number of benzene rings is 2. The van der Waals surface area contributed by atoms with Gasteiger partial charge in [0.05, 0.1) is 0 Å². The quantitative estimate of drug-likeness (QED) is 0.790. The summed E-state index contributed by atoms with van der Waals surface area (Å²) < 4.78 is 0. The highest BCUT2D eigenvalue weighted by atomic mass is 15.4. The third kappa shape index (κ3) is 2.10. The van der Waals surface area contributed by atoms with E-state index >= 15 is 0 Å². The lowest BCUT2D eigenvalue weighted by molar-refractivity contribution is 0.748. The first-order chi connectivity index (χ1) is 9.27. The first kappa shape index (κ1) is 11.8. The molecule has 2 heteroatoms. The smallest absolute Gasteiger partial charge is 0.107 e. The van der Waals surface area contributed by atoms with Crippen molar-refractivity contribution in [2.24, 2.45) is 0 Å². The fraction of sp³-hybridized carbons (Fsp3) is 0.176. The van der Waals surface area contributed by atoms with Crippen LogP contribution in [0.1, 0.15) is 12.5 Å². The Morgan fingerprint density at radius 2 is 1.42 bits per heavy atom. The molecule has 0 spiro atoms. The van der Waals surface area contributed by atoms with Crippen LogP contribution in [0.25, 0.3) is 0 Å². The van der Waals surface area contributed by atoms with Crippen LogP contribution in [0.3, 0.4) is 0 Å². The zero-order valence-corrected chi connectivity index (χ0v) is 11.3. The van der Waals surface area contributed by atoms with Gasteiger partial charge in [-0.05, 0) is 37.6 Å². The number of nitrogens with zero attached hydrogens (tertiary/aromatic N) is 2. The molecular weight excluding hydrogens is 232 g/mol. The standard InChI is InChI=1S/C17H18N2/c1-14-8-6-7-11-17(14)19-13-12-18(15(19)2)16-9-4-3-5-10-16/h3-13,15H,1-2H3. The zero-order chi connectivity index (χ0) is 13.2. The van der Waals surface area contributed by atoms with Crippen LogP contribution in [0.5, 0.6) is 0 Å². The van der Waals surface area contributed by atoms with Crippen molar-refractivity contribution in [1.29, 1.82) is 0 Å². The van der Waals surface area contributed by atoms with E-state index in [2.05, 4.69) is 84.6 Å². The average molecular weight is 250 g/mol. The van der Waals surface area contributed by atoms with Crippen LogP contribution in [-0.4, -0.2) is 6.17 Å². The van der Waals surface area contributed by atoms with E-state index in [0.717, 1.165) is 0 Å². The minimum absolute atomic E-state index is 0.295. The molecule has 1 aliphatic heterocycles. The van der Waals surface area contributed by atoms with Crippen LogP contribution in [0.15, 0.2) is 67.0 Å². The highest BCUT2D eigenvalue weighted by Crippen LogP contribution is 2.30.